The molecular weight excluding hydrogens is 352 g/mol. The van der Waals surface area contributed by atoms with Crippen molar-refractivity contribution in [2.75, 3.05) is 11.4 Å². The van der Waals surface area contributed by atoms with E-state index < -0.39 is 0 Å². The number of rotatable bonds is 6. The van der Waals surface area contributed by atoms with Crippen molar-refractivity contribution in [3.8, 4) is 0 Å². The first-order valence-electron chi connectivity index (χ1n) is 9.41. The third-order valence-corrected chi connectivity index (χ3v) is 4.89. The lowest BCUT2D eigenvalue weighted by atomic mass is 10.1. The molecule has 2 aromatic carbocycles. The summed E-state index contributed by atoms with van der Waals surface area (Å²) in [5.74, 6) is 0.0498. The normalized spacial score (nSPS) is 13.7. The highest BCUT2D eigenvalue weighted by Crippen LogP contribution is 2.22. The van der Waals surface area contributed by atoms with E-state index in [1.165, 1.54) is 0 Å². The Morgan fingerprint density at radius 2 is 1.96 bits per heavy atom. The average molecular weight is 374 g/mol. The Hall–Kier alpha value is -3.41. The Bertz CT molecular complexity index is 964. The maximum Gasteiger partial charge on any atom is 0.251 e. The highest BCUT2D eigenvalue weighted by molar-refractivity contribution is 5.95. The zero-order valence-corrected chi connectivity index (χ0v) is 15.5. The molecule has 1 aromatic heterocycles. The van der Waals surface area contributed by atoms with Gasteiger partial charge in [0.05, 0.1) is 6.33 Å². The summed E-state index contributed by atoms with van der Waals surface area (Å²) in [6.07, 6.45) is 6.93. The molecule has 142 valence electrons. The Kier molecular flexibility index (Phi) is 5.19. The second kappa shape index (κ2) is 8.08. The highest BCUT2D eigenvalue weighted by Gasteiger charge is 2.21. The quantitative estimate of drug-likeness (QED) is 0.721. The second-order valence-electron chi connectivity index (χ2n) is 6.93. The van der Waals surface area contributed by atoms with Gasteiger partial charge in [0.25, 0.3) is 5.91 Å². The van der Waals surface area contributed by atoms with Crippen molar-refractivity contribution in [1.29, 1.82) is 0 Å². The van der Waals surface area contributed by atoms with Gasteiger partial charge in [-0.3, -0.25) is 9.59 Å². The minimum atomic E-state index is -0.114. The number of nitrogens with one attached hydrogen (secondary N) is 1. The topological polar surface area (TPSA) is 67.2 Å². The van der Waals surface area contributed by atoms with Crippen LogP contribution in [0, 0.1) is 0 Å². The number of carbonyl (C=O) groups excluding carboxylic acids is 2. The fourth-order valence-corrected chi connectivity index (χ4v) is 3.39. The van der Waals surface area contributed by atoms with Crippen LogP contribution in [0.3, 0.4) is 0 Å². The fraction of sp³-hybridized carbons (Fsp3) is 0.227. The van der Waals surface area contributed by atoms with Gasteiger partial charge in [-0.25, -0.2) is 4.98 Å². The van der Waals surface area contributed by atoms with Gasteiger partial charge in [-0.2, -0.15) is 0 Å². The van der Waals surface area contributed by atoms with Gasteiger partial charge in [0.2, 0.25) is 5.91 Å². The fourth-order valence-electron chi connectivity index (χ4n) is 3.39. The number of amides is 2. The van der Waals surface area contributed by atoms with Crippen molar-refractivity contribution < 1.29 is 9.59 Å². The first-order chi connectivity index (χ1) is 13.7. The number of imidazole rings is 1. The van der Waals surface area contributed by atoms with Crippen molar-refractivity contribution in [1.82, 2.24) is 14.9 Å². The molecule has 28 heavy (non-hydrogen) atoms. The zero-order valence-electron chi connectivity index (χ0n) is 15.5. The lowest BCUT2D eigenvalue weighted by Crippen LogP contribution is -2.25. The minimum absolute atomic E-state index is 0.114. The molecule has 0 saturated carbocycles. The molecule has 1 aliphatic rings. The van der Waals surface area contributed by atoms with E-state index in [4.69, 9.17) is 0 Å². The van der Waals surface area contributed by atoms with Crippen molar-refractivity contribution in [2.45, 2.75) is 25.9 Å². The van der Waals surface area contributed by atoms with Crippen molar-refractivity contribution >= 4 is 17.5 Å². The van der Waals surface area contributed by atoms with E-state index in [-0.39, 0.29) is 11.8 Å². The van der Waals surface area contributed by atoms with Gasteiger partial charge in [-0.05, 0) is 41.8 Å². The molecule has 1 saturated heterocycles. The van der Waals surface area contributed by atoms with Gasteiger partial charge >= 0.3 is 0 Å². The molecule has 1 aliphatic heterocycles. The summed E-state index contributed by atoms with van der Waals surface area (Å²) in [7, 11) is 0. The molecule has 1 N–H and O–H groups in total. The highest BCUT2D eigenvalue weighted by atomic mass is 16.2. The molecule has 6 heteroatoms. The Labute approximate surface area is 163 Å². The number of benzene rings is 2. The molecule has 6 nitrogen and oxygen atoms in total. The summed E-state index contributed by atoms with van der Waals surface area (Å²) in [5, 5.41) is 2.95. The van der Waals surface area contributed by atoms with E-state index in [1.807, 2.05) is 64.2 Å². The summed E-state index contributed by atoms with van der Waals surface area (Å²) in [6, 6.07) is 15.4. The smallest absolute Gasteiger partial charge is 0.251 e. The first-order valence-corrected chi connectivity index (χ1v) is 9.41. The minimum Gasteiger partial charge on any atom is -0.348 e. The SMILES string of the molecule is O=C(NCc1cccc(N2CCCC2=O)c1)c1ccc(Cn2ccnc2)cc1. The van der Waals surface area contributed by atoms with Gasteiger partial charge in [0, 0.05) is 49.7 Å². The molecule has 0 unspecified atom stereocenters. The zero-order chi connectivity index (χ0) is 19.3. The van der Waals surface area contributed by atoms with Crippen LogP contribution in [0.5, 0.6) is 0 Å². The van der Waals surface area contributed by atoms with Crippen LogP contribution in [0.15, 0.2) is 67.3 Å². The molecule has 3 aromatic rings. The summed E-state index contributed by atoms with van der Waals surface area (Å²) in [4.78, 5) is 30.2. The molecule has 0 bridgehead atoms. The van der Waals surface area contributed by atoms with E-state index in [9.17, 15) is 9.59 Å². The van der Waals surface area contributed by atoms with Crippen LogP contribution in [0.1, 0.15) is 34.3 Å². The van der Waals surface area contributed by atoms with Gasteiger partial charge < -0.3 is 14.8 Å². The third kappa shape index (κ3) is 4.11. The largest absolute Gasteiger partial charge is 0.348 e. The van der Waals surface area contributed by atoms with Crippen molar-refractivity contribution in [3.63, 3.8) is 0 Å². The number of hydrogen-bond acceptors (Lipinski definition) is 3. The van der Waals surface area contributed by atoms with Crippen molar-refractivity contribution in [2.24, 2.45) is 0 Å². The second-order valence-corrected chi connectivity index (χ2v) is 6.93. The van der Waals surface area contributed by atoms with E-state index in [1.54, 1.807) is 12.5 Å². The van der Waals surface area contributed by atoms with Crippen LogP contribution in [-0.2, 0) is 17.9 Å². The molecule has 4 rings (SSSR count). The van der Waals surface area contributed by atoms with Gasteiger partial charge in [-0.1, -0.05) is 24.3 Å². The summed E-state index contributed by atoms with van der Waals surface area (Å²) < 4.78 is 1.98. The maximum absolute atomic E-state index is 12.4. The van der Waals surface area contributed by atoms with Gasteiger partial charge in [0.1, 0.15) is 0 Å². The van der Waals surface area contributed by atoms with Crippen LogP contribution in [0.25, 0.3) is 0 Å². The molecule has 0 spiro atoms. The molecule has 2 amide bonds. The summed E-state index contributed by atoms with van der Waals surface area (Å²) in [6.45, 7) is 1.91. The summed E-state index contributed by atoms with van der Waals surface area (Å²) >= 11 is 0. The van der Waals surface area contributed by atoms with E-state index in [0.717, 1.165) is 36.3 Å². The van der Waals surface area contributed by atoms with E-state index in [2.05, 4.69) is 10.3 Å². The molecule has 0 atom stereocenters. The number of aromatic nitrogens is 2. The molecule has 0 aliphatic carbocycles. The maximum atomic E-state index is 12.4. The van der Waals surface area contributed by atoms with Crippen LogP contribution in [-0.4, -0.2) is 27.9 Å². The molecule has 1 fully saturated rings. The van der Waals surface area contributed by atoms with E-state index >= 15 is 0 Å². The number of carbonyl (C=O) groups is 2. The Balaban J connectivity index is 1.36. The molecule has 0 radical (unpaired) electrons. The molecule has 2 heterocycles. The average Bonchev–Trinajstić information content (AvgIpc) is 3.38. The number of hydrogen-bond donors (Lipinski definition) is 1. The van der Waals surface area contributed by atoms with Crippen LogP contribution in [0.2, 0.25) is 0 Å². The third-order valence-electron chi connectivity index (χ3n) is 4.89. The van der Waals surface area contributed by atoms with Gasteiger partial charge in [0.15, 0.2) is 0 Å². The standard InChI is InChI=1S/C22H22N4O2/c27-21-5-2-11-26(21)20-4-1-3-18(13-20)14-24-22(28)19-8-6-17(7-9-19)15-25-12-10-23-16-25/h1,3-4,6-10,12-13,16H,2,5,11,14-15H2,(H,24,28). The molecular formula is C22H22N4O2. The van der Waals surface area contributed by atoms with E-state index in [0.29, 0.717) is 18.5 Å². The monoisotopic (exact) mass is 374 g/mol. The van der Waals surface area contributed by atoms with Crippen LogP contribution >= 0.6 is 0 Å². The summed E-state index contributed by atoms with van der Waals surface area (Å²) in [5.41, 5.74) is 3.61. The lowest BCUT2D eigenvalue weighted by molar-refractivity contribution is -0.117. The van der Waals surface area contributed by atoms with Gasteiger partial charge in [-0.15, -0.1) is 0 Å². The number of anilines is 1. The van der Waals surface area contributed by atoms with Crippen LogP contribution < -0.4 is 10.2 Å². The van der Waals surface area contributed by atoms with Crippen molar-refractivity contribution in [3.05, 3.63) is 83.9 Å². The van der Waals surface area contributed by atoms with Crippen LogP contribution in [0.4, 0.5) is 5.69 Å². The predicted molar refractivity (Wildman–Crippen MR) is 107 cm³/mol. The first kappa shape index (κ1) is 18.0. The Morgan fingerprint density at radius 3 is 2.68 bits per heavy atom. The number of nitrogens with zero attached hydrogens (tertiary/aromatic N) is 3. The lowest BCUT2D eigenvalue weighted by Gasteiger charge is -2.16. The predicted octanol–water partition coefficient (Wildman–Crippen LogP) is 2.99. The Morgan fingerprint density at radius 1 is 1.11 bits per heavy atom.